The molecule has 21 heavy (non-hydrogen) atoms. The van der Waals surface area contributed by atoms with Crippen LogP contribution in [0, 0.1) is 0 Å². The molecule has 0 atom stereocenters. The molecule has 1 aromatic carbocycles. The fraction of sp³-hybridized carbons (Fsp3) is 0.200. The zero-order valence-electron chi connectivity index (χ0n) is 11.7. The fourth-order valence-electron chi connectivity index (χ4n) is 1.73. The first-order valence-corrected chi connectivity index (χ1v) is 7.05. The van der Waals surface area contributed by atoms with E-state index in [1.807, 2.05) is 36.4 Å². The Bertz CT molecular complexity index is 636. The third-order valence-electron chi connectivity index (χ3n) is 2.80. The van der Waals surface area contributed by atoms with Crippen molar-refractivity contribution >= 4 is 23.2 Å². The van der Waals surface area contributed by atoms with Gasteiger partial charge in [-0.1, -0.05) is 30.3 Å². The predicted molar refractivity (Wildman–Crippen MR) is 80.7 cm³/mol. The average Bonchev–Trinajstić information content (AvgIpc) is 2.97. The van der Waals surface area contributed by atoms with Crippen LogP contribution in [0.25, 0.3) is 10.4 Å². The highest BCUT2D eigenvalue weighted by Crippen LogP contribution is 2.35. The average molecular weight is 305 g/mol. The summed E-state index contributed by atoms with van der Waals surface area (Å²) in [6.45, 7) is -0.170. The molecule has 2 rings (SSSR count). The summed E-state index contributed by atoms with van der Waals surface area (Å²) in [5, 5.41) is 2.51. The lowest BCUT2D eigenvalue weighted by atomic mass is 10.2. The lowest BCUT2D eigenvalue weighted by Gasteiger charge is -2.03. The van der Waals surface area contributed by atoms with Crippen molar-refractivity contribution in [3.05, 3.63) is 41.3 Å². The minimum absolute atomic E-state index is 0.170. The number of esters is 1. The number of carbonyl (C=O) groups is 2. The summed E-state index contributed by atoms with van der Waals surface area (Å²) in [5.41, 5.74) is 1.01. The Morgan fingerprint density at radius 1 is 1.19 bits per heavy atom. The third-order valence-corrected chi connectivity index (χ3v) is 3.97. The van der Waals surface area contributed by atoms with Gasteiger partial charge in [-0.15, -0.1) is 11.3 Å². The maximum atomic E-state index is 12.1. The number of benzene rings is 1. The summed E-state index contributed by atoms with van der Waals surface area (Å²) in [5.74, 6) is -0.368. The van der Waals surface area contributed by atoms with Crippen LogP contribution in [0.5, 0.6) is 5.75 Å². The van der Waals surface area contributed by atoms with Gasteiger partial charge in [-0.3, -0.25) is 9.59 Å². The van der Waals surface area contributed by atoms with E-state index in [-0.39, 0.29) is 12.5 Å². The van der Waals surface area contributed by atoms with E-state index < -0.39 is 5.97 Å². The molecule has 110 valence electrons. The third kappa shape index (κ3) is 3.61. The van der Waals surface area contributed by atoms with Gasteiger partial charge in [0, 0.05) is 4.88 Å². The number of methoxy groups -OCH3 is 2. The van der Waals surface area contributed by atoms with E-state index in [0.717, 1.165) is 10.4 Å². The lowest BCUT2D eigenvalue weighted by molar-refractivity contribution is -0.139. The van der Waals surface area contributed by atoms with E-state index in [1.54, 1.807) is 0 Å². The minimum atomic E-state index is -0.498. The molecule has 0 fully saturated rings. The number of hydrogen-bond acceptors (Lipinski definition) is 5. The van der Waals surface area contributed by atoms with E-state index in [2.05, 4.69) is 10.1 Å². The van der Waals surface area contributed by atoms with Crippen LogP contribution in [0.1, 0.15) is 9.67 Å². The van der Waals surface area contributed by atoms with Gasteiger partial charge in [-0.05, 0) is 11.6 Å². The van der Waals surface area contributed by atoms with Crippen LogP contribution >= 0.6 is 11.3 Å². The molecular formula is C15H15NO4S. The van der Waals surface area contributed by atoms with Crippen molar-refractivity contribution in [3.8, 4) is 16.2 Å². The van der Waals surface area contributed by atoms with Crippen molar-refractivity contribution in [2.45, 2.75) is 0 Å². The molecule has 1 N–H and O–H groups in total. The fourth-order valence-corrected chi connectivity index (χ4v) is 2.78. The number of amides is 1. The summed E-state index contributed by atoms with van der Waals surface area (Å²) < 4.78 is 9.72. The van der Waals surface area contributed by atoms with Gasteiger partial charge < -0.3 is 14.8 Å². The number of ether oxygens (including phenoxy) is 2. The molecule has 0 spiro atoms. The Balaban J connectivity index is 2.21. The predicted octanol–water partition coefficient (Wildman–Crippen LogP) is 2.33. The molecule has 0 bridgehead atoms. The highest BCUT2D eigenvalue weighted by Gasteiger charge is 2.18. The molecule has 5 nitrogen and oxygen atoms in total. The van der Waals surface area contributed by atoms with Crippen LogP contribution in [0.4, 0.5) is 0 Å². The number of nitrogens with one attached hydrogen (secondary N) is 1. The monoisotopic (exact) mass is 305 g/mol. The van der Waals surface area contributed by atoms with E-state index in [1.165, 1.54) is 25.6 Å². The summed E-state index contributed by atoms with van der Waals surface area (Å²) in [7, 11) is 2.78. The van der Waals surface area contributed by atoms with Crippen LogP contribution in [0.15, 0.2) is 36.4 Å². The van der Waals surface area contributed by atoms with Gasteiger partial charge in [0.1, 0.15) is 17.2 Å². The number of hydrogen-bond donors (Lipinski definition) is 1. The van der Waals surface area contributed by atoms with E-state index >= 15 is 0 Å². The second-order valence-electron chi connectivity index (χ2n) is 4.13. The molecule has 1 amide bonds. The van der Waals surface area contributed by atoms with Gasteiger partial charge in [-0.25, -0.2) is 0 Å². The molecule has 0 unspecified atom stereocenters. The lowest BCUT2D eigenvalue weighted by Crippen LogP contribution is -2.29. The first-order valence-electron chi connectivity index (χ1n) is 6.24. The summed E-state index contributed by atoms with van der Waals surface area (Å²) in [4.78, 5) is 24.5. The first-order chi connectivity index (χ1) is 10.2. The summed E-state index contributed by atoms with van der Waals surface area (Å²) in [6, 6.07) is 11.5. The Labute approximate surface area is 126 Å². The molecule has 0 aliphatic carbocycles. The van der Waals surface area contributed by atoms with Crippen LogP contribution in [-0.2, 0) is 9.53 Å². The molecule has 0 saturated heterocycles. The van der Waals surface area contributed by atoms with Crippen LogP contribution in [0.3, 0.4) is 0 Å². The molecule has 1 heterocycles. The smallest absolute Gasteiger partial charge is 0.325 e. The second kappa shape index (κ2) is 6.90. The summed E-state index contributed by atoms with van der Waals surface area (Å²) in [6.07, 6.45) is 0. The molecule has 0 aliphatic heterocycles. The Morgan fingerprint density at radius 2 is 1.90 bits per heavy atom. The molecule has 2 aromatic rings. The maximum absolute atomic E-state index is 12.1. The highest BCUT2D eigenvalue weighted by molar-refractivity contribution is 7.17. The van der Waals surface area contributed by atoms with Crippen molar-refractivity contribution in [2.75, 3.05) is 20.8 Å². The van der Waals surface area contributed by atoms with E-state index in [9.17, 15) is 9.59 Å². The van der Waals surface area contributed by atoms with Crippen molar-refractivity contribution in [1.29, 1.82) is 0 Å². The largest absolute Gasteiger partial charge is 0.495 e. The Kier molecular flexibility index (Phi) is 4.94. The normalized spacial score (nSPS) is 10.0. The zero-order valence-corrected chi connectivity index (χ0v) is 12.5. The number of carbonyl (C=O) groups excluding carboxylic acids is 2. The quantitative estimate of drug-likeness (QED) is 0.861. The van der Waals surface area contributed by atoms with Gasteiger partial charge >= 0.3 is 5.97 Å². The van der Waals surface area contributed by atoms with Crippen molar-refractivity contribution in [1.82, 2.24) is 5.32 Å². The van der Waals surface area contributed by atoms with Gasteiger partial charge in [0.25, 0.3) is 5.91 Å². The highest BCUT2D eigenvalue weighted by atomic mass is 32.1. The summed E-state index contributed by atoms with van der Waals surface area (Å²) >= 11 is 1.32. The molecule has 0 saturated carbocycles. The molecule has 1 aromatic heterocycles. The SMILES string of the molecule is COC(=O)CNC(=O)c1sc(-c2ccccc2)cc1OC. The van der Waals surface area contributed by atoms with Gasteiger partial charge in [0.05, 0.1) is 14.2 Å². The van der Waals surface area contributed by atoms with E-state index in [0.29, 0.717) is 10.6 Å². The standard InChI is InChI=1S/C15H15NO4S/c1-19-11-8-12(10-6-4-3-5-7-10)21-14(11)15(18)16-9-13(17)20-2/h3-8H,9H2,1-2H3,(H,16,18). The van der Waals surface area contributed by atoms with Crippen LogP contribution in [-0.4, -0.2) is 32.6 Å². The molecule has 6 heteroatoms. The second-order valence-corrected chi connectivity index (χ2v) is 5.19. The van der Waals surface area contributed by atoms with Gasteiger partial charge in [0.15, 0.2) is 0 Å². The number of thiophene rings is 1. The molecular weight excluding hydrogens is 290 g/mol. The Morgan fingerprint density at radius 3 is 2.52 bits per heavy atom. The van der Waals surface area contributed by atoms with Gasteiger partial charge in [-0.2, -0.15) is 0 Å². The van der Waals surface area contributed by atoms with Crippen molar-refractivity contribution in [3.63, 3.8) is 0 Å². The minimum Gasteiger partial charge on any atom is -0.495 e. The molecule has 0 aliphatic rings. The maximum Gasteiger partial charge on any atom is 0.325 e. The van der Waals surface area contributed by atoms with E-state index in [4.69, 9.17) is 4.74 Å². The zero-order chi connectivity index (χ0) is 15.2. The van der Waals surface area contributed by atoms with Gasteiger partial charge in [0.2, 0.25) is 0 Å². The van der Waals surface area contributed by atoms with Crippen LogP contribution in [0.2, 0.25) is 0 Å². The Hall–Kier alpha value is -2.34. The van der Waals surface area contributed by atoms with Crippen molar-refractivity contribution in [2.24, 2.45) is 0 Å². The first kappa shape index (κ1) is 15.1. The van der Waals surface area contributed by atoms with Crippen LogP contribution < -0.4 is 10.1 Å². The topological polar surface area (TPSA) is 64.6 Å². The van der Waals surface area contributed by atoms with Crippen molar-refractivity contribution < 1.29 is 19.1 Å². The number of rotatable bonds is 5. The molecule has 0 radical (unpaired) electrons.